The zero-order valence-electron chi connectivity index (χ0n) is 23.2. The molecule has 0 aliphatic rings. The molecule has 0 radical (unpaired) electrons. The van der Waals surface area contributed by atoms with Crippen LogP contribution < -0.4 is 14.4 Å². The highest BCUT2D eigenvalue weighted by molar-refractivity contribution is 7.92. The number of nitrogens with one attached hydrogen (secondary N) is 1. The molecule has 10 heteroatoms. The van der Waals surface area contributed by atoms with Gasteiger partial charge in [-0.1, -0.05) is 62.7 Å². The summed E-state index contributed by atoms with van der Waals surface area (Å²) in [6.45, 7) is 5.84. The largest absolute Gasteiger partial charge is 0.497 e. The van der Waals surface area contributed by atoms with Crippen LogP contribution in [0.5, 0.6) is 5.75 Å². The molecule has 0 aliphatic carbocycles. The van der Waals surface area contributed by atoms with E-state index in [-0.39, 0.29) is 23.3 Å². The molecule has 0 spiro atoms. The summed E-state index contributed by atoms with van der Waals surface area (Å²) >= 11 is 6.06. The van der Waals surface area contributed by atoms with Crippen molar-refractivity contribution in [3.05, 3.63) is 89.4 Å². The molecule has 1 atom stereocenters. The van der Waals surface area contributed by atoms with E-state index in [2.05, 4.69) is 5.32 Å². The van der Waals surface area contributed by atoms with Gasteiger partial charge in [-0.3, -0.25) is 13.9 Å². The molecule has 0 aliphatic heterocycles. The molecule has 3 aromatic rings. The van der Waals surface area contributed by atoms with E-state index in [0.29, 0.717) is 29.4 Å². The number of nitrogens with zero attached hydrogens (tertiary/aromatic N) is 2. The van der Waals surface area contributed by atoms with Crippen LogP contribution in [0.2, 0.25) is 5.02 Å². The fourth-order valence-electron chi connectivity index (χ4n) is 4.13. The Morgan fingerprint density at radius 1 is 0.950 bits per heavy atom. The number of rotatable bonds is 13. The highest BCUT2D eigenvalue weighted by atomic mass is 35.5. The van der Waals surface area contributed by atoms with Gasteiger partial charge in [0.1, 0.15) is 18.3 Å². The first-order valence-corrected chi connectivity index (χ1v) is 14.9. The molecule has 0 fully saturated rings. The van der Waals surface area contributed by atoms with E-state index in [0.717, 1.165) is 9.87 Å². The van der Waals surface area contributed by atoms with E-state index in [9.17, 15) is 18.0 Å². The van der Waals surface area contributed by atoms with Crippen LogP contribution in [0.15, 0.2) is 83.8 Å². The van der Waals surface area contributed by atoms with Crippen molar-refractivity contribution in [2.24, 2.45) is 5.92 Å². The molecule has 8 nitrogen and oxygen atoms in total. The maximum atomic E-state index is 14.0. The van der Waals surface area contributed by atoms with Gasteiger partial charge in [0.2, 0.25) is 11.8 Å². The van der Waals surface area contributed by atoms with Gasteiger partial charge in [0, 0.05) is 18.1 Å². The van der Waals surface area contributed by atoms with Gasteiger partial charge in [-0.2, -0.15) is 0 Å². The van der Waals surface area contributed by atoms with Crippen molar-refractivity contribution < 1.29 is 22.7 Å². The topological polar surface area (TPSA) is 96.0 Å². The molecule has 0 heterocycles. The fourth-order valence-corrected chi connectivity index (χ4v) is 5.69. The lowest BCUT2D eigenvalue weighted by Crippen LogP contribution is -2.52. The highest BCUT2D eigenvalue weighted by Gasteiger charge is 2.33. The third-order valence-electron chi connectivity index (χ3n) is 6.31. The van der Waals surface area contributed by atoms with Crippen LogP contribution in [-0.4, -0.2) is 51.4 Å². The van der Waals surface area contributed by atoms with Crippen LogP contribution in [0, 0.1) is 5.92 Å². The summed E-state index contributed by atoms with van der Waals surface area (Å²) in [5, 5.41) is 3.46. The summed E-state index contributed by atoms with van der Waals surface area (Å²) in [5.74, 6) is -0.0370. The van der Waals surface area contributed by atoms with Crippen molar-refractivity contribution >= 4 is 39.1 Å². The Kier molecular flexibility index (Phi) is 11.0. The fraction of sp³-hybridized carbons (Fsp3) is 0.333. The molecule has 0 unspecified atom stereocenters. The van der Waals surface area contributed by atoms with E-state index in [1.807, 2.05) is 20.8 Å². The average molecular weight is 586 g/mol. The summed E-state index contributed by atoms with van der Waals surface area (Å²) in [4.78, 5) is 28.8. The van der Waals surface area contributed by atoms with Crippen LogP contribution in [0.25, 0.3) is 0 Å². The molecule has 0 aromatic heterocycles. The Balaban J connectivity index is 2.03. The number of hydrogen-bond acceptors (Lipinski definition) is 5. The minimum atomic E-state index is -4.13. The maximum absolute atomic E-state index is 14.0. The third kappa shape index (κ3) is 7.99. The Hall–Kier alpha value is -3.56. The summed E-state index contributed by atoms with van der Waals surface area (Å²) in [6, 6.07) is 20.5. The van der Waals surface area contributed by atoms with Crippen molar-refractivity contribution in [3.63, 3.8) is 0 Å². The van der Waals surface area contributed by atoms with Crippen molar-refractivity contribution in [2.45, 2.75) is 44.7 Å². The molecule has 214 valence electrons. The Labute approximate surface area is 241 Å². The predicted molar refractivity (Wildman–Crippen MR) is 158 cm³/mol. The van der Waals surface area contributed by atoms with Crippen LogP contribution in [-0.2, 0) is 26.2 Å². The quantitative estimate of drug-likeness (QED) is 0.300. The Morgan fingerprint density at radius 3 is 2.12 bits per heavy atom. The molecule has 0 bridgehead atoms. The van der Waals surface area contributed by atoms with Gasteiger partial charge in [-0.05, 0) is 66.4 Å². The molecular weight excluding hydrogens is 550 g/mol. The summed E-state index contributed by atoms with van der Waals surface area (Å²) in [5.41, 5.74) is 1.05. The summed E-state index contributed by atoms with van der Waals surface area (Å²) < 4.78 is 33.9. The van der Waals surface area contributed by atoms with E-state index in [4.69, 9.17) is 16.3 Å². The van der Waals surface area contributed by atoms with E-state index < -0.39 is 28.5 Å². The number of carbonyl (C=O) groups is 2. The smallest absolute Gasteiger partial charge is 0.264 e. The van der Waals surface area contributed by atoms with Crippen molar-refractivity contribution in [1.29, 1.82) is 0 Å². The summed E-state index contributed by atoms with van der Waals surface area (Å²) in [7, 11) is -2.61. The first-order valence-electron chi connectivity index (χ1n) is 13.1. The van der Waals surface area contributed by atoms with Gasteiger partial charge in [-0.15, -0.1) is 0 Å². The zero-order valence-corrected chi connectivity index (χ0v) is 24.8. The van der Waals surface area contributed by atoms with Gasteiger partial charge >= 0.3 is 0 Å². The average Bonchev–Trinajstić information content (AvgIpc) is 2.96. The SMILES string of the molecule is CC[C@@H](C(=O)NCC(C)C)N(Cc1ccc(Cl)cc1)C(=O)CN(c1ccc(OC)cc1)S(=O)(=O)c1ccccc1. The predicted octanol–water partition coefficient (Wildman–Crippen LogP) is 5.12. The van der Waals surface area contributed by atoms with Crippen LogP contribution in [0.4, 0.5) is 5.69 Å². The number of sulfonamides is 1. The number of benzene rings is 3. The number of methoxy groups -OCH3 is 1. The number of carbonyl (C=O) groups excluding carboxylic acids is 2. The van der Waals surface area contributed by atoms with E-state index in [1.54, 1.807) is 66.7 Å². The zero-order chi connectivity index (χ0) is 29.3. The van der Waals surface area contributed by atoms with Crippen LogP contribution in [0.1, 0.15) is 32.8 Å². The lowest BCUT2D eigenvalue weighted by atomic mass is 10.1. The van der Waals surface area contributed by atoms with Crippen molar-refractivity contribution in [3.8, 4) is 5.75 Å². The minimum absolute atomic E-state index is 0.0459. The standard InChI is InChI=1S/C30H36ClN3O5S/c1-5-28(30(36)32-19-22(2)3)33(20-23-11-13-24(31)14-12-23)29(35)21-34(25-15-17-26(39-4)18-16-25)40(37,38)27-9-7-6-8-10-27/h6-18,22,28H,5,19-21H2,1-4H3,(H,32,36)/t28-/m0/s1. The highest BCUT2D eigenvalue weighted by Crippen LogP contribution is 2.27. The van der Waals surface area contributed by atoms with Crippen molar-refractivity contribution in [2.75, 3.05) is 24.5 Å². The van der Waals surface area contributed by atoms with Gasteiger partial charge in [0.15, 0.2) is 0 Å². The molecule has 40 heavy (non-hydrogen) atoms. The lowest BCUT2D eigenvalue weighted by molar-refractivity contribution is -0.140. The Morgan fingerprint density at radius 2 is 1.57 bits per heavy atom. The number of ether oxygens (including phenoxy) is 1. The van der Waals surface area contributed by atoms with Crippen molar-refractivity contribution in [1.82, 2.24) is 10.2 Å². The second-order valence-corrected chi connectivity index (χ2v) is 12.0. The first kappa shape index (κ1) is 31.0. The second-order valence-electron chi connectivity index (χ2n) is 9.73. The number of halogens is 1. The second kappa shape index (κ2) is 14.2. The van der Waals surface area contributed by atoms with Gasteiger partial charge < -0.3 is 15.0 Å². The molecule has 3 aromatic carbocycles. The maximum Gasteiger partial charge on any atom is 0.264 e. The van der Waals surface area contributed by atoms with E-state index >= 15 is 0 Å². The van der Waals surface area contributed by atoms with Crippen LogP contribution in [0.3, 0.4) is 0 Å². The molecule has 2 amide bonds. The minimum Gasteiger partial charge on any atom is -0.497 e. The molecule has 1 N–H and O–H groups in total. The molecule has 0 saturated carbocycles. The van der Waals surface area contributed by atoms with Crippen LogP contribution >= 0.6 is 11.6 Å². The van der Waals surface area contributed by atoms with E-state index in [1.165, 1.54) is 24.1 Å². The van der Waals surface area contributed by atoms with Gasteiger partial charge in [0.05, 0.1) is 17.7 Å². The Bertz CT molecular complexity index is 1360. The molecule has 3 rings (SSSR count). The number of anilines is 1. The molecular formula is C30H36ClN3O5S. The number of amides is 2. The summed E-state index contributed by atoms with van der Waals surface area (Å²) in [6.07, 6.45) is 0.344. The monoisotopic (exact) mass is 585 g/mol. The number of hydrogen-bond donors (Lipinski definition) is 1. The van der Waals surface area contributed by atoms with Gasteiger partial charge in [0.25, 0.3) is 10.0 Å². The lowest BCUT2D eigenvalue weighted by Gasteiger charge is -2.33. The van der Waals surface area contributed by atoms with Gasteiger partial charge in [-0.25, -0.2) is 8.42 Å². The molecule has 0 saturated heterocycles. The third-order valence-corrected chi connectivity index (χ3v) is 8.35. The first-order chi connectivity index (χ1) is 19.1. The normalized spacial score (nSPS) is 12.1.